The zero-order valence-corrected chi connectivity index (χ0v) is 15.5. The van der Waals surface area contributed by atoms with Crippen LogP contribution in [0.2, 0.25) is 0 Å². The Labute approximate surface area is 152 Å². The molecule has 25 heavy (non-hydrogen) atoms. The van der Waals surface area contributed by atoms with Gasteiger partial charge in [-0.1, -0.05) is 43.7 Å². The molecule has 4 heteroatoms. The monoisotopic (exact) mass is 347 g/mol. The van der Waals surface area contributed by atoms with Crippen molar-refractivity contribution in [2.75, 3.05) is 39.5 Å². The molecule has 1 aromatic rings. The first kappa shape index (κ1) is 18.8. The lowest BCUT2D eigenvalue weighted by Gasteiger charge is -2.39. The summed E-state index contributed by atoms with van der Waals surface area (Å²) in [7, 11) is 0. The minimum Gasteiger partial charge on any atom is -0.389 e. The van der Waals surface area contributed by atoms with Crippen molar-refractivity contribution >= 4 is 0 Å². The summed E-state index contributed by atoms with van der Waals surface area (Å²) in [6.07, 6.45) is 4.13. The average molecular weight is 347 g/mol. The summed E-state index contributed by atoms with van der Waals surface area (Å²) >= 11 is 0. The molecule has 0 radical (unpaired) electrons. The molecule has 0 saturated carbocycles. The maximum absolute atomic E-state index is 10.4. The van der Waals surface area contributed by atoms with E-state index in [1.54, 1.807) is 0 Å². The van der Waals surface area contributed by atoms with E-state index in [0.717, 1.165) is 45.7 Å². The number of hydrogen-bond donors (Lipinski definition) is 1. The first-order valence-corrected chi connectivity index (χ1v) is 9.91. The predicted molar refractivity (Wildman–Crippen MR) is 99.8 cm³/mol. The van der Waals surface area contributed by atoms with Gasteiger partial charge >= 0.3 is 0 Å². The van der Waals surface area contributed by atoms with Crippen LogP contribution in [0.5, 0.6) is 0 Å². The number of ether oxygens (including phenoxy) is 2. The zero-order valence-electron chi connectivity index (χ0n) is 15.5. The van der Waals surface area contributed by atoms with Gasteiger partial charge in [-0.25, -0.2) is 0 Å². The third kappa shape index (κ3) is 5.52. The zero-order chi connectivity index (χ0) is 17.5. The van der Waals surface area contributed by atoms with Gasteiger partial charge < -0.3 is 19.5 Å². The third-order valence-corrected chi connectivity index (χ3v) is 5.73. The Balaban J connectivity index is 1.44. The van der Waals surface area contributed by atoms with E-state index in [1.165, 1.54) is 18.4 Å². The number of nitrogens with zero attached hydrogens (tertiary/aromatic N) is 1. The highest BCUT2D eigenvalue weighted by atomic mass is 16.5. The van der Waals surface area contributed by atoms with Crippen molar-refractivity contribution in [2.45, 2.75) is 50.7 Å². The molecule has 2 aliphatic rings. The van der Waals surface area contributed by atoms with Gasteiger partial charge in [0.15, 0.2) is 0 Å². The second kappa shape index (κ2) is 9.67. The summed E-state index contributed by atoms with van der Waals surface area (Å²) in [5.74, 6) is 1.32. The summed E-state index contributed by atoms with van der Waals surface area (Å²) in [5.41, 5.74) is 1.47. The van der Waals surface area contributed by atoms with Crippen LogP contribution in [0, 0.1) is 5.92 Å². The second-order valence-electron chi connectivity index (χ2n) is 7.53. The molecule has 0 bridgehead atoms. The molecule has 0 amide bonds. The highest BCUT2D eigenvalue weighted by molar-refractivity contribution is 5.21. The molecule has 4 nitrogen and oxygen atoms in total. The lowest BCUT2D eigenvalue weighted by Crippen LogP contribution is -2.44. The van der Waals surface area contributed by atoms with Crippen LogP contribution in [0.1, 0.15) is 44.1 Å². The number of rotatable bonds is 7. The van der Waals surface area contributed by atoms with Crippen LogP contribution >= 0.6 is 0 Å². The Morgan fingerprint density at radius 1 is 1.20 bits per heavy atom. The van der Waals surface area contributed by atoms with E-state index in [0.29, 0.717) is 18.4 Å². The van der Waals surface area contributed by atoms with Crippen molar-refractivity contribution in [1.29, 1.82) is 0 Å². The molecule has 2 heterocycles. The fraction of sp³-hybridized carbons (Fsp3) is 0.714. The van der Waals surface area contributed by atoms with E-state index in [-0.39, 0.29) is 6.10 Å². The van der Waals surface area contributed by atoms with E-state index in [1.807, 2.05) is 0 Å². The van der Waals surface area contributed by atoms with Gasteiger partial charge in [-0.3, -0.25) is 0 Å². The molecule has 1 N–H and O–H groups in total. The number of hydrogen-bond acceptors (Lipinski definition) is 4. The van der Waals surface area contributed by atoms with Gasteiger partial charge in [0.05, 0.1) is 18.8 Å². The normalized spacial score (nSPS) is 27.3. The van der Waals surface area contributed by atoms with Gasteiger partial charge in [0.25, 0.3) is 0 Å². The Morgan fingerprint density at radius 2 is 1.96 bits per heavy atom. The fourth-order valence-electron chi connectivity index (χ4n) is 4.27. The van der Waals surface area contributed by atoms with Crippen LogP contribution in [0.3, 0.4) is 0 Å². The SMILES string of the molecule is CCC1CN(CC(O)COC2CCOCC2)CCC1c1ccccc1. The van der Waals surface area contributed by atoms with Crippen LogP contribution in [-0.4, -0.2) is 61.7 Å². The molecule has 1 aromatic carbocycles. The van der Waals surface area contributed by atoms with E-state index in [2.05, 4.69) is 42.2 Å². The number of likely N-dealkylation sites (tertiary alicyclic amines) is 1. The third-order valence-electron chi connectivity index (χ3n) is 5.73. The summed E-state index contributed by atoms with van der Waals surface area (Å²) in [5, 5.41) is 10.4. The van der Waals surface area contributed by atoms with Crippen LogP contribution in [0.25, 0.3) is 0 Å². The van der Waals surface area contributed by atoms with E-state index >= 15 is 0 Å². The maximum Gasteiger partial charge on any atom is 0.0900 e. The number of aliphatic hydroxyl groups excluding tert-OH is 1. The Bertz CT molecular complexity index is 489. The van der Waals surface area contributed by atoms with Gasteiger partial charge in [-0.15, -0.1) is 0 Å². The molecular formula is C21H33NO3. The number of benzene rings is 1. The molecule has 3 rings (SSSR count). The van der Waals surface area contributed by atoms with Crippen molar-refractivity contribution < 1.29 is 14.6 Å². The van der Waals surface area contributed by atoms with Crippen LogP contribution in [-0.2, 0) is 9.47 Å². The largest absolute Gasteiger partial charge is 0.389 e. The van der Waals surface area contributed by atoms with Gasteiger partial charge in [0, 0.05) is 26.3 Å². The molecule has 2 fully saturated rings. The van der Waals surface area contributed by atoms with Crippen molar-refractivity contribution in [3.05, 3.63) is 35.9 Å². The molecule has 3 atom stereocenters. The van der Waals surface area contributed by atoms with Gasteiger partial charge in [0.1, 0.15) is 0 Å². The molecule has 140 valence electrons. The summed E-state index contributed by atoms with van der Waals surface area (Å²) in [6, 6.07) is 10.9. The molecular weight excluding hydrogens is 314 g/mol. The lowest BCUT2D eigenvalue weighted by molar-refractivity contribution is -0.0660. The molecule has 3 unspecified atom stereocenters. The quantitative estimate of drug-likeness (QED) is 0.823. The van der Waals surface area contributed by atoms with Crippen molar-refractivity contribution in [1.82, 2.24) is 4.90 Å². The van der Waals surface area contributed by atoms with Crippen LogP contribution in [0.4, 0.5) is 0 Å². The summed E-state index contributed by atoms with van der Waals surface area (Å²) < 4.78 is 11.2. The van der Waals surface area contributed by atoms with E-state index in [4.69, 9.17) is 9.47 Å². The summed E-state index contributed by atoms with van der Waals surface area (Å²) in [6.45, 7) is 7.16. The van der Waals surface area contributed by atoms with Gasteiger partial charge in [-0.2, -0.15) is 0 Å². The van der Waals surface area contributed by atoms with Gasteiger partial charge in [-0.05, 0) is 43.2 Å². The van der Waals surface area contributed by atoms with Crippen molar-refractivity contribution in [3.8, 4) is 0 Å². The first-order chi connectivity index (χ1) is 12.3. The average Bonchev–Trinajstić information content (AvgIpc) is 2.68. The Morgan fingerprint density at radius 3 is 2.68 bits per heavy atom. The van der Waals surface area contributed by atoms with E-state index in [9.17, 15) is 5.11 Å². The van der Waals surface area contributed by atoms with Crippen molar-refractivity contribution in [3.63, 3.8) is 0 Å². The Hall–Kier alpha value is -0.940. The molecule has 2 aliphatic heterocycles. The van der Waals surface area contributed by atoms with Crippen molar-refractivity contribution in [2.24, 2.45) is 5.92 Å². The molecule has 0 aliphatic carbocycles. The highest BCUT2D eigenvalue weighted by Gasteiger charge is 2.30. The number of piperidine rings is 1. The Kier molecular flexibility index (Phi) is 7.29. The van der Waals surface area contributed by atoms with Crippen LogP contribution < -0.4 is 0 Å². The molecule has 0 aromatic heterocycles. The topological polar surface area (TPSA) is 41.9 Å². The smallest absolute Gasteiger partial charge is 0.0900 e. The second-order valence-corrected chi connectivity index (χ2v) is 7.53. The summed E-state index contributed by atoms with van der Waals surface area (Å²) in [4.78, 5) is 2.42. The van der Waals surface area contributed by atoms with E-state index < -0.39 is 6.10 Å². The molecule has 0 spiro atoms. The first-order valence-electron chi connectivity index (χ1n) is 9.91. The molecule has 2 saturated heterocycles. The lowest BCUT2D eigenvalue weighted by atomic mass is 9.79. The predicted octanol–water partition coefficient (Wildman–Crippen LogP) is 3.06. The van der Waals surface area contributed by atoms with Gasteiger partial charge in [0.2, 0.25) is 0 Å². The highest BCUT2D eigenvalue weighted by Crippen LogP contribution is 2.34. The minimum atomic E-state index is -0.395. The standard InChI is InChI=1S/C21H33NO3/c1-2-17-14-22(11-8-21(17)18-6-4-3-5-7-18)15-19(23)16-25-20-9-12-24-13-10-20/h3-7,17,19-21,23H,2,8-16H2,1H3. The number of aliphatic hydroxyl groups is 1. The fourth-order valence-corrected chi connectivity index (χ4v) is 4.27. The minimum absolute atomic E-state index is 0.260. The van der Waals surface area contributed by atoms with Crippen LogP contribution in [0.15, 0.2) is 30.3 Å². The maximum atomic E-state index is 10.4. The number of β-amino-alcohol motifs (C(OH)–C–C–N with tert-alkyl or cyclic N) is 1.